The normalized spacial score (nSPS) is 11.5. The third-order valence-electron chi connectivity index (χ3n) is 9.91. The summed E-state index contributed by atoms with van der Waals surface area (Å²) in [6, 6.07) is 64.9. The number of aromatic amines is 1. The lowest BCUT2D eigenvalue weighted by Crippen LogP contribution is -2.10. The van der Waals surface area contributed by atoms with Gasteiger partial charge in [0.2, 0.25) is 0 Å². The molecular weight excluding hydrogens is 621 g/mol. The molecule has 4 nitrogen and oxygen atoms in total. The van der Waals surface area contributed by atoms with E-state index >= 15 is 0 Å². The van der Waals surface area contributed by atoms with Crippen molar-refractivity contribution in [2.75, 3.05) is 4.90 Å². The van der Waals surface area contributed by atoms with Gasteiger partial charge in [0.25, 0.3) is 0 Å². The Kier molecular flexibility index (Phi) is 6.78. The molecule has 0 saturated carbocycles. The molecule has 0 amide bonds. The number of nitrogens with zero attached hydrogens (tertiary/aromatic N) is 3. The van der Waals surface area contributed by atoms with Crippen molar-refractivity contribution >= 4 is 55.5 Å². The predicted octanol–water partition coefficient (Wildman–Crippen LogP) is 12.6. The zero-order chi connectivity index (χ0) is 33.7. The van der Waals surface area contributed by atoms with Gasteiger partial charge in [0.1, 0.15) is 5.65 Å². The van der Waals surface area contributed by atoms with Gasteiger partial charge in [-0.15, -0.1) is 0 Å². The summed E-state index contributed by atoms with van der Waals surface area (Å²) in [5, 5.41) is 2.37. The van der Waals surface area contributed by atoms with Gasteiger partial charge in [-0.1, -0.05) is 115 Å². The average molecular weight is 653 g/mol. The van der Waals surface area contributed by atoms with E-state index in [2.05, 4.69) is 196 Å². The quantitative estimate of drug-likeness (QED) is 0.194. The van der Waals surface area contributed by atoms with Gasteiger partial charge in [0.15, 0.2) is 0 Å². The fourth-order valence-corrected chi connectivity index (χ4v) is 7.39. The number of pyridine rings is 1. The molecule has 0 fully saturated rings. The summed E-state index contributed by atoms with van der Waals surface area (Å²) >= 11 is 0. The monoisotopic (exact) mass is 652 g/mol. The Labute approximate surface area is 295 Å². The van der Waals surface area contributed by atoms with Gasteiger partial charge in [-0.3, -0.25) is 4.40 Å². The van der Waals surface area contributed by atoms with Crippen LogP contribution < -0.4 is 4.90 Å². The van der Waals surface area contributed by atoms with Crippen molar-refractivity contribution in [1.82, 2.24) is 14.4 Å². The minimum Gasteiger partial charge on any atom is -0.353 e. The Morgan fingerprint density at radius 2 is 0.961 bits per heavy atom. The standard InChI is InChI=1S/C47H32N4/c1-3-11-32(12-4-1)35-15-9-17-39(27-35)51(40-18-10-16-36(28-40)33-13-5-2-6-14-33)38-24-21-34(22-25-38)37-23-26-43-41(29-37)42-30-47-49-44-19-7-8-20-46(44)50(47)31-45(42)48-43/h1-31,48H. The van der Waals surface area contributed by atoms with Crippen molar-refractivity contribution in [2.45, 2.75) is 0 Å². The van der Waals surface area contributed by atoms with E-state index in [4.69, 9.17) is 4.98 Å². The summed E-state index contributed by atoms with van der Waals surface area (Å²) in [5.41, 5.74) is 15.7. The molecule has 0 unspecified atom stereocenters. The molecule has 0 saturated heterocycles. The van der Waals surface area contributed by atoms with E-state index < -0.39 is 0 Å². The summed E-state index contributed by atoms with van der Waals surface area (Å²) in [7, 11) is 0. The van der Waals surface area contributed by atoms with Crippen LogP contribution in [0.1, 0.15) is 0 Å². The van der Waals surface area contributed by atoms with Crippen LogP contribution in [0.15, 0.2) is 188 Å². The number of anilines is 3. The van der Waals surface area contributed by atoms with Gasteiger partial charge in [0.05, 0.1) is 16.6 Å². The van der Waals surface area contributed by atoms with E-state index in [0.717, 1.165) is 44.8 Å². The molecule has 3 aromatic heterocycles. The number of hydrogen-bond acceptors (Lipinski definition) is 2. The molecule has 4 heteroatoms. The highest BCUT2D eigenvalue weighted by molar-refractivity contribution is 6.09. The van der Waals surface area contributed by atoms with Crippen molar-refractivity contribution in [2.24, 2.45) is 0 Å². The van der Waals surface area contributed by atoms with E-state index in [0.29, 0.717) is 0 Å². The number of rotatable bonds is 6. The highest BCUT2D eigenvalue weighted by Crippen LogP contribution is 2.39. The molecule has 51 heavy (non-hydrogen) atoms. The first-order chi connectivity index (χ1) is 25.2. The number of H-pyrrole nitrogens is 1. The van der Waals surface area contributed by atoms with Crippen molar-refractivity contribution < 1.29 is 0 Å². The first-order valence-corrected chi connectivity index (χ1v) is 17.3. The number of para-hydroxylation sites is 2. The van der Waals surface area contributed by atoms with Crippen molar-refractivity contribution in [3.8, 4) is 33.4 Å². The van der Waals surface area contributed by atoms with Crippen LogP contribution in [0, 0.1) is 0 Å². The molecule has 3 heterocycles. The molecule has 0 radical (unpaired) electrons. The largest absolute Gasteiger partial charge is 0.353 e. The first kappa shape index (κ1) is 29.0. The Morgan fingerprint density at radius 3 is 1.65 bits per heavy atom. The van der Waals surface area contributed by atoms with Gasteiger partial charge in [0, 0.05) is 39.5 Å². The van der Waals surface area contributed by atoms with E-state index in [1.807, 2.05) is 6.07 Å². The minimum absolute atomic E-state index is 0.951. The second-order valence-electron chi connectivity index (χ2n) is 13.0. The zero-order valence-electron chi connectivity index (χ0n) is 27.7. The molecule has 10 aromatic rings. The van der Waals surface area contributed by atoms with Crippen molar-refractivity contribution in [3.63, 3.8) is 0 Å². The van der Waals surface area contributed by atoms with Crippen LogP contribution in [0.25, 0.3) is 71.9 Å². The molecule has 0 aliphatic carbocycles. The fraction of sp³-hybridized carbons (Fsp3) is 0. The number of benzene rings is 7. The van der Waals surface area contributed by atoms with E-state index in [-0.39, 0.29) is 0 Å². The lowest BCUT2D eigenvalue weighted by atomic mass is 10.0. The third kappa shape index (κ3) is 5.13. The third-order valence-corrected chi connectivity index (χ3v) is 9.91. The molecule has 0 atom stereocenters. The van der Waals surface area contributed by atoms with Crippen LogP contribution in [-0.4, -0.2) is 14.4 Å². The maximum atomic E-state index is 4.90. The maximum Gasteiger partial charge on any atom is 0.138 e. The lowest BCUT2D eigenvalue weighted by Gasteiger charge is -2.27. The van der Waals surface area contributed by atoms with Gasteiger partial charge in [-0.25, -0.2) is 4.98 Å². The predicted molar refractivity (Wildman–Crippen MR) is 213 cm³/mol. The van der Waals surface area contributed by atoms with Crippen LogP contribution in [0.4, 0.5) is 17.1 Å². The smallest absolute Gasteiger partial charge is 0.138 e. The average Bonchev–Trinajstić information content (AvgIpc) is 3.75. The summed E-state index contributed by atoms with van der Waals surface area (Å²) < 4.78 is 2.17. The number of nitrogens with one attached hydrogen (secondary N) is 1. The van der Waals surface area contributed by atoms with Crippen LogP contribution >= 0.6 is 0 Å². The Hall–Kier alpha value is -6.91. The highest BCUT2D eigenvalue weighted by atomic mass is 15.1. The van der Waals surface area contributed by atoms with Crippen LogP contribution in [0.3, 0.4) is 0 Å². The summed E-state index contributed by atoms with van der Waals surface area (Å²) in [6.07, 6.45) is 2.17. The number of fused-ring (bicyclic) bond motifs is 6. The SMILES string of the molecule is c1ccc(-c2cccc(N(c3ccc(-c4ccc5[nH]c6cn7c(cc6c5c4)nc4ccccc47)cc3)c3cccc(-c4ccccc4)c3)c2)cc1. The fourth-order valence-electron chi connectivity index (χ4n) is 7.39. The molecule has 7 aromatic carbocycles. The molecule has 0 spiro atoms. The maximum absolute atomic E-state index is 4.90. The minimum atomic E-state index is 0.951. The van der Waals surface area contributed by atoms with Crippen molar-refractivity contribution in [3.05, 3.63) is 188 Å². The number of aromatic nitrogens is 3. The lowest BCUT2D eigenvalue weighted by molar-refractivity contribution is 1.24. The Balaban J connectivity index is 1.06. The molecule has 0 aliphatic heterocycles. The highest BCUT2D eigenvalue weighted by Gasteiger charge is 2.16. The molecular formula is C47H32N4. The first-order valence-electron chi connectivity index (χ1n) is 17.3. The zero-order valence-corrected chi connectivity index (χ0v) is 27.7. The molecule has 10 rings (SSSR count). The van der Waals surface area contributed by atoms with E-state index in [9.17, 15) is 0 Å². The molecule has 0 aliphatic rings. The Bertz CT molecular complexity index is 2770. The summed E-state index contributed by atoms with van der Waals surface area (Å²) in [5.74, 6) is 0. The summed E-state index contributed by atoms with van der Waals surface area (Å²) in [4.78, 5) is 10.9. The van der Waals surface area contributed by atoms with Gasteiger partial charge in [-0.2, -0.15) is 0 Å². The van der Waals surface area contributed by atoms with Crippen LogP contribution in [-0.2, 0) is 0 Å². The molecule has 0 bridgehead atoms. The van der Waals surface area contributed by atoms with E-state index in [1.54, 1.807) is 0 Å². The molecule has 240 valence electrons. The van der Waals surface area contributed by atoms with Crippen molar-refractivity contribution in [1.29, 1.82) is 0 Å². The molecule has 1 N–H and O–H groups in total. The topological polar surface area (TPSA) is 36.3 Å². The van der Waals surface area contributed by atoms with Crippen LogP contribution in [0.2, 0.25) is 0 Å². The second kappa shape index (κ2) is 11.9. The summed E-state index contributed by atoms with van der Waals surface area (Å²) in [6.45, 7) is 0. The number of hydrogen-bond donors (Lipinski definition) is 1. The Morgan fingerprint density at radius 1 is 0.412 bits per heavy atom. The van der Waals surface area contributed by atoms with Gasteiger partial charge in [-0.05, 0) is 100 Å². The number of imidazole rings is 1. The van der Waals surface area contributed by atoms with E-state index in [1.165, 1.54) is 44.2 Å². The van der Waals surface area contributed by atoms with Crippen LogP contribution in [0.5, 0.6) is 0 Å². The van der Waals surface area contributed by atoms with Gasteiger partial charge >= 0.3 is 0 Å². The van der Waals surface area contributed by atoms with Gasteiger partial charge < -0.3 is 9.88 Å². The second-order valence-corrected chi connectivity index (χ2v) is 13.0.